The second-order valence-electron chi connectivity index (χ2n) is 7.30. The highest BCUT2D eigenvalue weighted by atomic mass is 16.8. The predicted octanol–water partition coefficient (Wildman–Crippen LogP) is 0.699. The Hall–Kier alpha value is -0.770. The minimum atomic E-state index is -2.10. The maximum absolute atomic E-state index is 12.2. The number of carbonyl (C=O) groups is 1. The number of hydrogen-bond acceptors (Lipinski definition) is 8. The fourth-order valence-electron chi connectivity index (χ4n) is 3.45. The summed E-state index contributed by atoms with van der Waals surface area (Å²) in [5, 5.41) is 10.7. The molecule has 3 aliphatic heterocycles. The van der Waals surface area contributed by atoms with Gasteiger partial charge in [-0.15, -0.1) is 0 Å². The van der Waals surface area contributed by atoms with Crippen LogP contribution in [-0.2, 0) is 33.2 Å². The number of carbonyl (C=O) groups excluding carboxylic acids is 1. The molecule has 3 saturated heterocycles. The summed E-state index contributed by atoms with van der Waals surface area (Å²) in [6.07, 6.45) is -2.27. The van der Waals surface area contributed by atoms with Gasteiger partial charge in [0.05, 0.1) is 19.3 Å². The van der Waals surface area contributed by atoms with Crippen LogP contribution in [-0.4, -0.2) is 66.1 Å². The van der Waals surface area contributed by atoms with Gasteiger partial charge in [0.2, 0.25) is 0 Å². The molecule has 1 N–H and O–H groups in total. The van der Waals surface area contributed by atoms with Gasteiger partial charge in [-0.1, -0.05) is 0 Å². The fourth-order valence-corrected chi connectivity index (χ4v) is 3.45. The van der Waals surface area contributed by atoms with E-state index in [9.17, 15) is 9.90 Å². The zero-order valence-corrected chi connectivity index (χ0v) is 14.7. The Balaban J connectivity index is 1.85. The molecule has 24 heavy (non-hydrogen) atoms. The van der Waals surface area contributed by atoms with Crippen LogP contribution in [0.5, 0.6) is 0 Å². The van der Waals surface area contributed by atoms with Crippen molar-refractivity contribution in [1.82, 2.24) is 0 Å². The van der Waals surface area contributed by atoms with Gasteiger partial charge in [-0.25, -0.2) is 4.79 Å². The Morgan fingerprint density at radius 3 is 2.25 bits per heavy atom. The van der Waals surface area contributed by atoms with Crippen molar-refractivity contribution in [2.24, 2.45) is 0 Å². The lowest BCUT2D eigenvalue weighted by molar-refractivity contribution is -0.299. The molecular weight excluding hydrogens is 320 g/mol. The molecule has 0 saturated carbocycles. The molecule has 3 fully saturated rings. The Morgan fingerprint density at radius 1 is 1.04 bits per heavy atom. The van der Waals surface area contributed by atoms with E-state index >= 15 is 0 Å². The standard InChI is InChI=1S/C16H26O8/c1-6-19-13(17)16(18)7-9-11(23-15(4,5)21-9)12(24-16)10-8-20-14(2,3)22-10/h9-12,18H,6-8H2,1-5H3/t9-,10-,11-,12-,16-/m1/s1. The largest absolute Gasteiger partial charge is 0.462 e. The lowest BCUT2D eigenvalue weighted by Gasteiger charge is -2.42. The molecule has 3 rings (SSSR count). The molecule has 138 valence electrons. The van der Waals surface area contributed by atoms with Crippen LogP contribution >= 0.6 is 0 Å². The Morgan fingerprint density at radius 2 is 1.67 bits per heavy atom. The molecule has 8 heteroatoms. The Bertz CT molecular complexity index is 504. The van der Waals surface area contributed by atoms with E-state index in [0.29, 0.717) is 0 Å². The third-order valence-corrected chi connectivity index (χ3v) is 4.35. The normalized spacial score (nSPS) is 43.4. The predicted molar refractivity (Wildman–Crippen MR) is 79.8 cm³/mol. The smallest absolute Gasteiger partial charge is 0.366 e. The average molecular weight is 346 g/mol. The molecule has 0 aromatic heterocycles. The van der Waals surface area contributed by atoms with Crippen LogP contribution in [0.4, 0.5) is 0 Å². The fraction of sp³-hybridized carbons (Fsp3) is 0.938. The number of hydrogen-bond donors (Lipinski definition) is 1. The lowest BCUT2D eigenvalue weighted by Crippen LogP contribution is -2.61. The Kier molecular flexibility index (Phi) is 4.43. The third-order valence-electron chi connectivity index (χ3n) is 4.35. The summed E-state index contributed by atoms with van der Waals surface area (Å²) in [5.74, 6) is -4.54. The van der Waals surface area contributed by atoms with E-state index in [1.807, 2.05) is 0 Å². The van der Waals surface area contributed by atoms with Gasteiger partial charge < -0.3 is 33.5 Å². The molecule has 0 aromatic rings. The minimum Gasteiger partial charge on any atom is -0.462 e. The topological polar surface area (TPSA) is 92.7 Å². The summed E-state index contributed by atoms with van der Waals surface area (Å²) < 4.78 is 33.9. The van der Waals surface area contributed by atoms with E-state index in [1.165, 1.54) is 0 Å². The van der Waals surface area contributed by atoms with E-state index < -0.39 is 47.7 Å². The highest BCUT2D eigenvalue weighted by Gasteiger charge is 2.60. The summed E-state index contributed by atoms with van der Waals surface area (Å²) in [6, 6.07) is 0. The van der Waals surface area contributed by atoms with E-state index in [2.05, 4.69) is 0 Å². The van der Waals surface area contributed by atoms with Crippen molar-refractivity contribution in [2.45, 2.75) is 82.8 Å². The van der Waals surface area contributed by atoms with Crippen molar-refractivity contribution >= 4 is 5.97 Å². The van der Waals surface area contributed by atoms with Crippen LogP contribution in [0.15, 0.2) is 0 Å². The van der Waals surface area contributed by atoms with Crippen LogP contribution in [0.2, 0.25) is 0 Å². The van der Waals surface area contributed by atoms with Gasteiger partial charge in [0.1, 0.15) is 18.3 Å². The first kappa shape index (κ1) is 18.0. The summed E-state index contributed by atoms with van der Waals surface area (Å²) >= 11 is 0. The van der Waals surface area contributed by atoms with Crippen molar-refractivity contribution in [2.75, 3.05) is 13.2 Å². The zero-order valence-electron chi connectivity index (χ0n) is 14.7. The molecular formula is C16H26O8. The lowest BCUT2D eigenvalue weighted by atomic mass is 9.93. The first-order valence-corrected chi connectivity index (χ1v) is 8.30. The van der Waals surface area contributed by atoms with Crippen LogP contribution in [0.1, 0.15) is 41.0 Å². The monoisotopic (exact) mass is 346 g/mol. The van der Waals surface area contributed by atoms with E-state index in [-0.39, 0.29) is 19.6 Å². The van der Waals surface area contributed by atoms with Crippen LogP contribution in [0, 0.1) is 0 Å². The Labute approximate surface area is 141 Å². The summed E-state index contributed by atoms with van der Waals surface area (Å²) in [5.41, 5.74) is 0. The summed E-state index contributed by atoms with van der Waals surface area (Å²) in [6.45, 7) is 9.22. The van der Waals surface area contributed by atoms with Gasteiger partial charge in [-0.2, -0.15) is 0 Å². The molecule has 3 heterocycles. The first-order valence-electron chi connectivity index (χ1n) is 8.30. The number of aliphatic hydroxyl groups is 1. The van der Waals surface area contributed by atoms with E-state index in [4.69, 9.17) is 28.4 Å². The van der Waals surface area contributed by atoms with Gasteiger partial charge in [0, 0.05) is 6.42 Å². The quantitative estimate of drug-likeness (QED) is 0.747. The van der Waals surface area contributed by atoms with Crippen LogP contribution < -0.4 is 0 Å². The summed E-state index contributed by atoms with van der Waals surface area (Å²) in [4.78, 5) is 12.2. The molecule has 0 amide bonds. The van der Waals surface area contributed by atoms with Gasteiger partial charge >= 0.3 is 5.97 Å². The molecule has 0 bridgehead atoms. The molecule has 0 aromatic carbocycles. The molecule has 8 nitrogen and oxygen atoms in total. The molecule has 0 aliphatic carbocycles. The van der Waals surface area contributed by atoms with Gasteiger partial charge in [-0.05, 0) is 34.6 Å². The van der Waals surface area contributed by atoms with Gasteiger partial charge in [-0.3, -0.25) is 0 Å². The van der Waals surface area contributed by atoms with Crippen LogP contribution in [0.3, 0.4) is 0 Å². The third kappa shape index (κ3) is 3.31. The van der Waals surface area contributed by atoms with Crippen molar-refractivity contribution in [3.63, 3.8) is 0 Å². The zero-order chi connectivity index (χ0) is 17.8. The highest BCUT2D eigenvalue weighted by molar-refractivity contribution is 5.77. The molecule has 5 atom stereocenters. The van der Waals surface area contributed by atoms with Crippen molar-refractivity contribution < 1.29 is 38.3 Å². The van der Waals surface area contributed by atoms with Crippen molar-refractivity contribution in [3.05, 3.63) is 0 Å². The number of rotatable bonds is 3. The van der Waals surface area contributed by atoms with E-state index in [0.717, 1.165) is 0 Å². The van der Waals surface area contributed by atoms with Crippen molar-refractivity contribution in [1.29, 1.82) is 0 Å². The number of fused-ring (bicyclic) bond motifs is 1. The molecule has 0 unspecified atom stereocenters. The van der Waals surface area contributed by atoms with Crippen LogP contribution in [0.25, 0.3) is 0 Å². The number of ether oxygens (including phenoxy) is 6. The van der Waals surface area contributed by atoms with E-state index in [1.54, 1.807) is 34.6 Å². The highest BCUT2D eigenvalue weighted by Crippen LogP contribution is 2.43. The second-order valence-corrected chi connectivity index (χ2v) is 7.30. The summed E-state index contributed by atoms with van der Waals surface area (Å²) in [7, 11) is 0. The molecule has 0 spiro atoms. The van der Waals surface area contributed by atoms with Gasteiger partial charge in [0.25, 0.3) is 5.79 Å². The second kappa shape index (κ2) is 5.89. The van der Waals surface area contributed by atoms with Crippen molar-refractivity contribution in [3.8, 4) is 0 Å². The molecule has 0 radical (unpaired) electrons. The average Bonchev–Trinajstić information content (AvgIpc) is 2.96. The first-order chi connectivity index (χ1) is 11.1. The minimum absolute atomic E-state index is 0.0621. The number of esters is 1. The maximum atomic E-state index is 12.2. The SMILES string of the molecule is CCOC(=O)[C@@]1(O)C[C@H]2OC(C)(C)O[C@H]2[C@@H]([C@H]2COC(C)(C)O2)O1. The van der Waals surface area contributed by atoms with Gasteiger partial charge in [0.15, 0.2) is 11.6 Å². The maximum Gasteiger partial charge on any atom is 0.366 e. The molecule has 3 aliphatic rings.